The number of hydrogen-bond donors (Lipinski definition) is 2. The molecule has 1 amide bonds. The highest BCUT2D eigenvalue weighted by molar-refractivity contribution is 5.95. The molecule has 0 aliphatic heterocycles. The fraction of sp³-hybridized carbons (Fsp3) is 0.875. The van der Waals surface area contributed by atoms with E-state index >= 15 is 0 Å². The van der Waals surface area contributed by atoms with Crippen LogP contribution in [0.25, 0.3) is 0 Å². The van der Waals surface area contributed by atoms with Gasteiger partial charge in [-0.05, 0) is 103 Å². The van der Waals surface area contributed by atoms with Crippen molar-refractivity contribution in [3.63, 3.8) is 0 Å². The number of hydrogen-bond acceptors (Lipinski definition) is 4. The Kier molecular flexibility index (Phi) is 6.04. The van der Waals surface area contributed by atoms with Gasteiger partial charge in [0.2, 0.25) is 5.91 Å². The summed E-state index contributed by atoms with van der Waals surface area (Å²) in [4.78, 5) is 27.0. The summed E-state index contributed by atoms with van der Waals surface area (Å²) in [7, 11) is 1.72. The van der Waals surface area contributed by atoms with Crippen LogP contribution >= 0.6 is 0 Å². The second kappa shape index (κ2) is 8.16. The number of methoxy groups -OCH3 is 1. The maximum atomic E-state index is 14.4. The van der Waals surface area contributed by atoms with Crippen LogP contribution in [0.2, 0.25) is 0 Å². The fourth-order valence-corrected chi connectivity index (χ4v) is 11.2. The summed E-state index contributed by atoms with van der Waals surface area (Å²) in [6.45, 7) is 16.5. The number of rotatable bonds is 3. The lowest BCUT2D eigenvalue weighted by Gasteiger charge is -2.71. The first-order valence-electron chi connectivity index (χ1n) is 14.8. The van der Waals surface area contributed by atoms with E-state index in [1.165, 1.54) is 5.57 Å². The minimum Gasteiger partial charge on any atom is -0.369 e. The summed E-state index contributed by atoms with van der Waals surface area (Å²) in [6.07, 6.45) is 11.0. The highest BCUT2D eigenvalue weighted by Crippen LogP contribution is 2.75. The third kappa shape index (κ3) is 3.41. The monoisotopic (exact) mass is 512 g/mol. The van der Waals surface area contributed by atoms with Crippen molar-refractivity contribution in [2.75, 3.05) is 7.11 Å². The largest absolute Gasteiger partial charge is 0.369 e. The van der Waals surface area contributed by atoms with Gasteiger partial charge in [-0.1, -0.05) is 54.0 Å². The van der Waals surface area contributed by atoms with Gasteiger partial charge in [0, 0.05) is 24.4 Å². The van der Waals surface area contributed by atoms with Gasteiger partial charge in [-0.25, -0.2) is 0 Å². The smallest absolute Gasteiger partial charge is 0.223 e. The maximum absolute atomic E-state index is 14.4. The van der Waals surface area contributed by atoms with Crippen LogP contribution in [0.3, 0.4) is 0 Å². The van der Waals surface area contributed by atoms with Gasteiger partial charge in [-0.3, -0.25) is 9.59 Å². The molecule has 5 nitrogen and oxygen atoms in total. The van der Waals surface area contributed by atoms with Crippen molar-refractivity contribution in [1.82, 2.24) is 0 Å². The standard InChI is InChI=1S/C32H52N2O3/c1-27(2)19(25(33)37-8)9-11-30(5)23(27)10-12-32(7)24(30)22(35)17-20-21-18-29(4,26(34)36)14-13-28(21,3)15-16-31(20,32)6/h17,19,21,23-25H,9-16,18,33H2,1-8H3,(H2,34,36)/t19-,21-,23?,24+,25?,28+,29-,30-,31+,32+/m0/s1. The van der Waals surface area contributed by atoms with E-state index in [0.717, 1.165) is 57.8 Å². The molecule has 0 aromatic heterocycles. The first-order chi connectivity index (χ1) is 17.0. The van der Waals surface area contributed by atoms with Gasteiger partial charge in [-0.15, -0.1) is 0 Å². The van der Waals surface area contributed by atoms with Crippen LogP contribution in [-0.4, -0.2) is 25.0 Å². The molecule has 0 aromatic rings. The molecular weight excluding hydrogens is 460 g/mol. The number of ketones is 1. The van der Waals surface area contributed by atoms with Crippen molar-refractivity contribution in [2.24, 2.45) is 67.6 Å². The zero-order valence-electron chi connectivity index (χ0n) is 24.7. The molecule has 4 saturated carbocycles. The molecule has 0 aromatic carbocycles. The van der Waals surface area contributed by atoms with Crippen molar-refractivity contribution in [3.8, 4) is 0 Å². The summed E-state index contributed by atoms with van der Waals surface area (Å²) in [5.41, 5.74) is 13.2. The van der Waals surface area contributed by atoms with Crippen LogP contribution in [0.5, 0.6) is 0 Å². The first kappa shape index (κ1) is 27.4. The molecule has 2 unspecified atom stereocenters. The van der Waals surface area contributed by atoms with E-state index in [9.17, 15) is 9.59 Å². The number of allylic oxidation sites excluding steroid dienone is 2. The van der Waals surface area contributed by atoms with Crippen molar-refractivity contribution >= 4 is 11.7 Å². The van der Waals surface area contributed by atoms with Gasteiger partial charge in [0.25, 0.3) is 0 Å². The van der Waals surface area contributed by atoms with Gasteiger partial charge in [0.05, 0.1) is 0 Å². The van der Waals surface area contributed by atoms with Crippen molar-refractivity contribution in [3.05, 3.63) is 11.6 Å². The molecule has 4 fully saturated rings. The van der Waals surface area contributed by atoms with Crippen molar-refractivity contribution in [1.29, 1.82) is 0 Å². The average molecular weight is 513 g/mol. The topological polar surface area (TPSA) is 95.4 Å². The summed E-state index contributed by atoms with van der Waals surface area (Å²) in [5, 5.41) is 0. The summed E-state index contributed by atoms with van der Waals surface area (Å²) in [5.74, 6) is 1.14. The summed E-state index contributed by atoms with van der Waals surface area (Å²) >= 11 is 0. The van der Waals surface area contributed by atoms with Gasteiger partial charge >= 0.3 is 0 Å². The van der Waals surface area contributed by atoms with Gasteiger partial charge in [-0.2, -0.15) is 0 Å². The van der Waals surface area contributed by atoms with Crippen LogP contribution in [0.4, 0.5) is 0 Å². The lowest BCUT2D eigenvalue weighted by molar-refractivity contribution is -0.201. The van der Waals surface area contributed by atoms with Gasteiger partial charge < -0.3 is 16.2 Å². The average Bonchev–Trinajstić information content (AvgIpc) is 2.80. The van der Waals surface area contributed by atoms with E-state index < -0.39 is 5.41 Å². The Balaban J connectivity index is 1.59. The normalized spacial score (nSPS) is 51.6. The maximum Gasteiger partial charge on any atom is 0.223 e. The Bertz CT molecular complexity index is 1040. The SMILES string of the molecule is COC(N)[C@@H]1CC[C@@]2(C)C(CC[C@]3(C)[C@@H]2C(=O)C=C2[C@@H]4C[C@@](C)(C(N)=O)CC[C@]4(C)CC[C@]23C)C1(C)C. The number of primary amides is 1. The molecule has 0 spiro atoms. The zero-order valence-corrected chi connectivity index (χ0v) is 24.7. The van der Waals surface area contributed by atoms with E-state index in [1.807, 2.05) is 6.92 Å². The van der Waals surface area contributed by atoms with E-state index in [-0.39, 0.29) is 51.0 Å². The Morgan fingerprint density at radius 3 is 2.24 bits per heavy atom. The van der Waals surface area contributed by atoms with Crippen LogP contribution in [0, 0.1) is 56.2 Å². The van der Waals surface area contributed by atoms with Crippen LogP contribution in [0.1, 0.15) is 106 Å². The molecule has 0 bridgehead atoms. The quantitative estimate of drug-likeness (QED) is 0.453. The summed E-state index contributed by atoms with van der Waals surface area (Å²) in [6, 6.07) is 0. The molecule has 10 atom stereocenters. The Morgan fingerprint density at radius 2 is 1.62 bits per heavy atom. The Labute approximate surface area is 224 Å². The number of fused-ring (bicyclic) bond motifs is 7. The second-order valence-electron chi connectivity index (χ2n) is 15.8. The van der Waals surface area contributed by atoms with E-state index in [1.54, 1.807) is 7.11 Å². The number of nitrogens with two attached hydrogens (primary N) is 2. The van der Waals surface area contributed by atoms with Gasteiger partial charge in [0.15, 0.2) is 5.78 Å². The molecule has 0 radical (unpaired) electrons. The van der Waals surface area contributed by atoms with Crippen LogP contribution in [-0.2, 0) is 14.3 Å². The van der Waals surface area contributed by atoms with Crippen LogP contribution < -0.4 is 11.5 Å². The molecule has 0 saturated heterocycles. The lowest BCUT2D eigenvalue weighted by Crippen LogP contribution is -2.67. The molecule has 5 rings (SSSR count). The van der Waals surface area contributed by atoms with Crippen molar-refractivity contribution < 1.29 is 14.3 Å². The highest BCUT2D eigenvalue weighted by atomic mass is 16.5. The van der Waals surface area contributed by atoms with Crippen LogP contribution in [0.15, 0.2) is 11.6 Å². The number of ether oxygens (including phenoxy) is 1. The molecule has 0 heterocycles. The predicted octanol–water partition coefficient (Wildman–Crippen LogP) is 6.00. The highest BCUT2D eigenvalue weighted by Gasteiger charge is 2.70. The predicted molar refractivity (Wildman–Crippen MR) is 147 cm³/mol. The molecular formula is C32H52N2O3. The lowest BCUT2D eigenvalue weighted by atomic mass is 9.33. The number of amides is 1. The molecule has 5 aliphatic carbocycles. The third-order valence-corrected chi connectivity index (χ3v) is 14.0. The van der Waals surface area contributed by atoms with Gasteiger partial charge in [0.1, 0.15) is 6.23 Å². The first-order valence-corrected chi connectivity index (χ1v) is 14.8. The number of carbonyl (C=O) groups is 2. The summed E-state index contributed by atoms with van der Waals surface area (Å²) < 4.78 is 5.63. The molecule has 208 valence electrons. The molecule has 4 N–H and O–H groups in total. The molecule has 37 heavy (non-hydrogen) atoms. The second-order valence-corrected chi connectivity index (χ2v) is 15.8. The fourth-order valence-electron chi connectivity index (χ4n) is 11.2. The zero-order chi connectivity index (χ0) is 27.4. The van der Waals surface area contributed by atoms with Crippen molar-refractivity contribution in [2.45, 2.75) is 112 Å². The Morgan fingerprint density at radius 1 is 0.973 bits per heavy atom. The van der Waals surface area contributed by atoms with E-state index in [0.29, 0.717) is 17.6 Å². The molecule has 5 heteroatoms. The molecule has 5 aliphatic rings. The Hall–Kier alpha value is -1.20. The van der Waals surface area contributed by atoms with E-state index in [4.69, 9.17) is 16.2 Å². The number of carbonyl (C=O) groups excluding carboxylic acids is 2. The third-order valence-electron chi connectivity index (χ3n) is 14.0. The van der Waals surface area contributed by atoms with E-state index in [2.05, 4.69) is 47.6 Å². The minimum absolute atomic E-state index is 0.00669. The minimum atomic E-state index is -0.490.